The van der Waals surface area contributed by atoms with Gasteiger partial charge in [0.15, 0.2) is 0 Å². The third-order valence-corrected chi connectivity index (χ3v) is 1.34. The van der Waals surface area contributed by atoms with E-state index in [4.69, 9.17) is 0 Å². The van der Waals surface area contributed by atoms with Crippen LogP contribution in [0.4, 0.5) is 0 Å². The maximum atomic E-state index is 10.4. The SMILES string of the molecule is C=CCOC(C[N+](=O)[O-])([N+](=O)[O-])[N+](=O)[O-]. The molecule has 0 aliphatic carbocycles. The Morgan fingerprint density at radius 2 is 1.67 bits per heavy atom. The van der Waals surface area contributed by atoms with Crippen molar-refractivity contribution in [1.29, 1.82) is 0 Å². The second-order valence-electron chi connectivity index (χ2n) is 2.35. The molecule has 0 heterocycles. The fraction of sp³-hybridized carbons (Fsp3) is 0.600. The van der Waals surface area contributed by atoms with Crippen LogP contribution in [0.5, 0.6) is 0 Å². The Bertz CT molecular complexity index is 287. The van der Waals surface area contributed by atoms with Crippen molar-refractivity contribution in [2.75, 3.05) is 13.2 Å². The molecule has 0 rings (SSSR count). The molecule has 0 atom stereocenters. The molecule has 0 N–H and O–H groups in total. The summed E-state index contributed by atoms with van der Waals surface area (Å²) in [4.78, 5) is 26.8. The van der Waals surface area contributed by atoms with Gasteiger partial charge in [0.25, 0.3) is 0 Å². The molecule has 0 saturated heterocycles. The van der Waals surface area contributed by atoms with Crippen LogP contribution in [-0.2, 0) is 4.74 Å². The number of ether oxygens (including phenoxy) is 1. The van der Waals surface area contributed by atoms with Gasteiger partial charge < -0.3 is 0 Å². The first-order chi connectivity index (χ1) is 6.86. The van der Waals surface area contributed by atoms with E-state index in [0.717, 1.165) is 6.08 Å². The Morgan fingerprint density at radius 1 is 1.20 bits per heavy atom. The lowest BCUT2D eigenvalue weighted by Gasteiger charge is -2.11. The first-order valence-corrected chi connectivity index (χ1v) is 3.52. The second kappa shape index (κ2) is 4.95. The maximum Gasteiger partial charge on any atom is 0.644 e. The van der Waals surface area contributed by atoms with Crippen LogP contribution in [0.2, 0.25) is 0 Å². The van der Waals surface area contributed by atoms with Crippen molar-refractivity contribution < 1.29 is 19.5 Å². The van der Waals surface area contributed by atoms with Gasteiger partial charge in [-0.1, -0.05) is 6.08 Å². The average Bonchev–Trinajstić information content (AvgIpc) is 2.10. The van der Waals surface area contributed by atoms with Crippen molar-refractivity contribution in [2.24, 2.45) is 0 Å². The van der Waals surface area contributed by atoms with Crippen molar-refractivity contribution in [3.8, 4) is 0 Å². The van der Waals surface area contributed by atoms with Crippen molar-refractivity contribution in [1.82, 2.24) is 0 Å². The van der Waals surface area contributed by atoms with Crippen LogP contribution < -0.4 is 0 Å². The van der Waals surface area contributed by atoms with E-state index < -0.39 is 33.8 Å². The Balaban J connectivity index is 5.06. The quantitative estimate of drug-likeness (QED) is 0.248. The molecule has 0 fully saturated rings. The molecule has 0 aliphatic rings. The van der Waals surface area contributed by atoms with Crippen molar-refractivity contribution in [3.63, 3.8) is 0 Å². The summed E-state index contributed by atoms with van der Waals surface area (Å²) in [7, 11) is 0. The third-order valence-electron chi connectivity index (χ3n) is 1.34. The minimum absolute atomic E-state index is 0.532. The normalized spacial score (nSPS) is 10.7. The molecule has 0 aromatic rings. The molecule has 0 aromatic heterocycles. The lowest BCUT2D eigenvalue weighted by atomic mass is 10.4. The van der Waals surface area contributed by atoms with Gasteiger partial charge in [0.1, 0.15) is 9.85 Å². The molecule has 0 bridgehead atoms. The molecule has 10 nitrogen and oxygen atoms in total. The lowest BCUT2D eigenvalue weighted by molar-refractivity contribution is -0.870. The van der Waals surface area contributed by atoms with Gasteiger partial charge in [-0.05, 0) is 0 Å². The van der Waals surface area contributed by atoms with Crippen LogP contribution in [-0.4, -0.2) is 33.8 Å². The van der Waals surface area contributed by atoms with E-state index >= 15 is 0 Å². The van der Waals surface area contributed by atoms with Gasteiger partial charge in [-0.25, -0.2) is 4.74 Å². The highest BCUT2D eigenvalue weighted by Crippen LogP contribution is 2.13. The predicted molar refractivity (Wildman–Crippen MR) is 44.7 cm³/mol. The number of hydrogen-bond acceptors (Lipinski definition) is 7. The lowest BCUT2D eigenvalue weighted by Crippen LogP contribution is -2.54. The topological polar surface area (TPSA) is 139 Å². The van der Waals surface area contributed by atoms with Gasteiger partial charge in [-0.15, -0.1) is 6.58 Å². The fourth-order valence-electron chi connectivity index (χ4n) is 0.694. The summed E-state index contributed by atoms with van der Waals surface area (Å²) in [5.74, 6) is -3.25. The first kappa shape index (κ1) is 12.9. The Morgan fingerprint density at radius 3 is 1.93 bits per heavy atom. The summed E-state index contributed by atoms with van der Waals surface area (Å²) < 4.78 is 4.25. The van der Waals surface area contributed by atoms with Gasteiger partial charge in [-0.3, -0.25) is 30.3 Å². The van der Waals surface area contributed by atoms with Crippen molar-refractivity contribution in [3.05, 3.63) is 43.0 Å². The molecule has 0 aromatic carbocycles. The summed E-state index contributed by atoms with van der Waals surface area (Å²) >= 11 is 0. The van der Waals surface area contributed by atoms with Gasteiger partial charge in [0, 0.05) is 4.92 Å². The van der Waals surface area contributed by atoms with Crippen LogP contribution in [0.15, 0.2) is 12.7 Å². The number of nitro groups is 3. The zero-order chi connectivity index (χ0) is 12.1. The summed E-state index contributed by atoms with van der Waals surface area (Å²) in [6.45, 7) is 1.03. The van der Waals surface area contributed by atoms with Crippen molar-refractivity contribution >= 4 is 0 Å². The molecule has 0 unspecified atom stereocenters. The van der Waals surface area contributed by atoms with E-state index in [1.807, 2.05) is 0 Å². The largest absolute Gasteiger partial charge is 0.644 e. The number of rotatable bonds is 7. The molecule has 84 valence electrons. The van der Waals surface area contributed by atoms with Gasteiger partial charge in [-0.2, -0.15) is 0 Å². The standard InChI is InChI=1S/C5H7N3O7/c1-2-3-15-5(7(11)12,8(13)14)4-6(9)10/h2H,1,3-4H2. The van der Waals surface area contributed by atoms with Crippen LogP contribution in [0.3, 0.4) is 0 Å². The van der Waals surface area contributed by atoms with Crippen LogP contribution in [0.25, 0.3) is 0 Å². The van der Waals surface area contributed by atoms with E-state index in [0.29, 0.717) is 0 Å². The zero-order valence-electron chi connectivity index (χ0n) is 7.40. The highest BCUT2D eigenvalue weighted by atomic mass is 16.8. The molecule has 0 amide bonds. The molecule has 10 heteroatoms. The van der Waals surface area contributed by atoms with E-state index in [1.165, 1.54) is 0 Å². The van der Waals surface area contributed by atoms with E-state index in [2.05, 4.69) is 11.3 Å². The minimum Gasteiger partial charge on any atom is -0.264 e. The molecule has 0 saturated carbocycles. The predicted octanol–water partition coefficient (Wildman–Crippen LogP) is -0.327. The molecule has 0 spiro atoms. The number of hydrogen-bond donors (Lipinski definition) is 0. The fourth-order valence-corrected chi connectivity index (χ4v) is 0.694. The molecule has 0 aliphatic heterocycles. The van der Waals surface area contributed by atoms with Gasteiger partial charge in [0.2, 0.25) is 0 Å². The van der Waals surface area contributed by atoms with Crippen LogP contribution in [0.1, 0.15) is 0 Å². The summed E-state index contributed by atoms with van der Waals surface area (Å²) in [5, 5.41) is 30.9. The Hall–Kier alpha value is -2.10. The highest BCUT2D eigenvalue weighted by Gasteiger charge is 2.64. The summed E-state index contributed by atoms with van der Waals surface area (Å²) in [6, 6.07) is 0. The highest BCUT2D eigenvalue weighted by molar-refractivity contribution is 4.66. The molecular formula is C5H7N3O7. The zero-order valence-corrected chi connectivity index (χ0v) is 7.40. The average molecular weight is 221 g/mol. The second-order valence-corrected chi connectivity index (χ2v) is 2.35. The molecule has 0 radical (unpaired) electrons. The van der Waals surface area contributed by atoms with Gasteiger partial charge in [0.05, 0.1) is 6.61 Å². The Kier molecular flexibility index (Phi) is 4.26. The van der Waals surface area contributed by atoms with Crippen LogP contribution in [0, 0.1) is 30.3 Å². The minimum atomic E-state index is -3.25. The smallest absolute Gasteiger partial charge is 0.264 e. The van der Waals surface area contributed by atoms with E-state index in [9.17, 15) is 30.3 Å². The Labute approximate surface area is 82.6 Å². The van der Waals surface area contributed by atoms with Crippen molar-refractivity contribution in [2.45, 2.75) is 5.85 Å². The summed E-state index contributed by atoms with van der Waals surface area (Å²) in [6.07, 6.45) is 1.02. The number of nitrogens with zero attached hydrogens (tertiary/aromatic N) is 3. The molecular weight excluding hydrogens is 214 g/mol. The monoisotopic (exact) mass is 221 g/mol. The van der Waals surface area contributed by atoms with E-state index in [-0.39, 0.29) is 0 Å². The maximum absolute atomic E-state index is 10.4. The summed E-state index contributed by atoms with van der Waals surface area (Å²) in [5.41, 5.74) is 0. The van der Waals surface area contributed by atoms with E-state index in [1.54, 1.807) is 0 Å². The van der Waals surface area contributed by atoms with Crippen LogP contribution >= 0.6 is 0 Å². The third kappa shape index (κ3) is 2.95. The first-order valence-electron chi connectivity index (χ1n) is 3.52. The van der Waals surface area contributed by atoms with Gasteiger partial charge >= 0.3 is 12.4 Å². The molecule has 15 heavy (non-hydrogen) atoms.